The maximum absolute atomic E-state index is 12.7. The largest absolute Gasteiger partial charge is 0.385 e. The molecule has 21 heavy (non-hydrogen) atoms. The minimum absolute atomic E-state index is 0.286. The molecule has 0 amide bonds. The fourth-order valence-electron chi connectivity index (χ4n) is 3.44. The van der Waals surface area contributed by atoms with Gasteiger partial charge in [0.1, 0.15) is 0 Å². The number of hydrogen-bond donors (Lipinski definition) is 2. The Morgan fingerprint density at radius 3 is 2.67 bits per heavy atom. The van der Waals surface area contributed by atoms with Gasteiger partial charge in [0.2, 0.25) is 10.0 Å². The maximum atomic E-state index is 12.7. The summed E-state index contributed by atoms with van der Waals surface area (Å²) in [6.07, 6.45) is 7.28. The van der Waals surface area contributed by atoms with Crippen LogP contribution in [-0.2, 0) is 16.4 Å². The molecular formula is C16H24N2O2S. The van der Waals surface area contributed by atoms with Crippen molar-refractivity contribution >= 4 is 15.7 Å². The molecule has 1 heterocycles. The van der Waals surface area contributed by atoms with Crippen LogP contribution in [0.15, 0.2) is 23.1 Å². The monoisotopic (exact) mass is 308 g/mol. The number of hydrogen-bond acceptors (Lipinski definition) is 3. The average Bonchev–Trinajstić information content (AvgIpc) is 2.46. The molecule has 0 radical (unpaired) electrons. The van der Waals surface area contributed by atoms with E-state index in [1.54, 1.807) is 6.07 Å². The van der Waals surface area contributed by atoms with E-state index < -0.39 is 10.0 Å². The van der Waals surface area contributed by atoms with Crippen molar-refractivity contribution in [2.24, 2.45) is 0 Å². The summed E-state index contributed by atoms with van der Waals surface area (Å²) >= 11 is 0. The van der Waals surface area contributed by atoms with E-state index >= 15 is 0 Å². The summed E-state index contributed by atoms with van der Waals surface area (Å²) in [5, 5.41) is 3.31. The van der Waals surface area contributed by atoms with Gasteiger partial charge in [0.05, 0.1) is 4.90 Å². The molecule has 2 aliphatic rings. The molecule has 0 saturated heterocycles. The summed E-state index contributed by atoms with van der Waals surface area (Å²) in [6.45, 7) is 3.00. The summed E-state index contributed by atoms with van der Waals surface area (Å²) in [5.74, 6) is 0. The van der Waals surface area contributed by atoms with Gasteiger partial charge in [0.25, 0.3) is 0 Å². The quantitative estimate of drug-likeness (QED) is 0.902. The highest BCUT2D eigenvalue weighted by Gasteiger charge is 2.32. The van der Waals surface area contributed by atoms with Crippen molar-refractivity contribution in [2.75, 3.05) is 11.9 Å². The Morgan fingerprint density at radius 1 is 1.14 bits per heavy atom. The van der Waals surface area contributed by atoms with Gasteiger partial charge in [0.15, 0.2) is 0 Å². The number of anilines is 1. The van der Waals surface area contributed by atoms with Crippen LogP contribution in [-0.4, -0.2) is 20.5 Å². The van der Waals surface area contributed by atoms with Crippen LogP contribution in [0.4, 0.5) is 5.69 Å². The zero-order valence-corrected chi connectivity index (χ0v) is 13.4. The van der Waals surface area contributed by atoms with Gasteiger partial charge in [-0.25, -0.2) is 13.1 Å². The van der Waals surface area contributed by atoms with Crippen LogP contribution in [0.25, 0.3) is 0 Å². The second-order valence-corrected chi connectivity index (χ2v) is 8.26. The molecule has 116 valence electrons. The molecule has 1 aromatic rings. The summed E-state index contributed by atoms with van der Waals surface area (Å²) < 4.78 is 28.3. The van der Waals surface area contributed by atoms with E-state index in [1.165, 1.54) is 6.42 Å². The SMILES string of the molecule is CC1(NS(=O)(=O)c2ccc3c(c2)CCCN3)CCCCC1. The second kappa shape index (κ2) is 5.61. The Balaban J connectivity index is 1.84. The standard InChI is InChI=1S/C16H24N2O2S/c1-16(9-3-2-4-10-16)18-21(19,20)14-7-8-15-13(12-14)6-5-11-17-15/h7-8,12,17-18H,2-6,9-11H2,1H3. The van der Waals surface area contributed by atoms with Crippen LogP contribution < -0.4 is 10.0 Å². The van der Waals surface area contributed by atoms with E-state index in [2.05, 4.69) is 10.0 Å². The first-order valence-corrected chi connectivity index (χ1v) is 9.38. The Kier molecular flexibility index (Phi) is 3.97. The molecule has 0 bridgehead atoms. The Labute approximate surface area is 127 Å². The molecule has 1 aliphatic heterocycles. The van der Waals surface area contributed by atoms with Crippen molar-refractivity contribution in [2.45, 2.75) is 62.3 Å². The van der Waals surface area contributed by atoms with Crippen LogP contribution in [0.3, 0.4) is 0 Å². The lowest BCUT2D eigenvalue weighted by Crippen LogP contribution is -2.47. The molecule has 0 aromatic heterocycles. The number of benzene rings is 1. The van der Waals surface area contributed by atoms with Gasteiger partial charge in [-0.2, -0.15) is 0 Å². The Morgan fingerprint density at radius 2 is 1.90 bits per heavy atom. The van der Waals surface area contributed by atoms with Crippen molar-refractivity contribution in [3.8, 4) is 0 Å². The first-order chi connectivity index (χ1) is 9.99. The van der Waals surface area contributed by atoms with Gasteiger partial charge in [-0.05, 0) is 56.4 Å². The number of aryl methyl sites for hydroxylation is 1. The number of nitrogens with one attached hydrogen (secondary N) is 2. The highest BCUT2D eigenvalue weighted by molar-refractivity contribution is 7.89. The fraction of sp³-hybridized carbons (Fsp3) is 0.625. The van der Waals surface area contributed by atoms with Crippen LogP contribution in [0.5, 0.6) is 0 Å². The van der Waals surface area contributed by atoms with Crippen LogP contribution in [0.1, 0.15) is 51.0 Å². The molecule has 3 rings (SSSR count). The zero-order valence-electron chi connectivity index (χ0n) is 12.6. The van der Waals surface area contributed by atoms with Crippen molar-refractivity contribution < 1.29 is 8.42 Å². The molecule has 2 N–H and O–H groups in total. The predicted molar refractivity (Wildman–Crippen MR) is 85.1 cm³/mol. The zero-order chi connectivity index (χ0) is 14.9. The maximum Gasteiger partial charge on any atom is 0.241 e. The lowest BCUT2D eigenvalue weighted by atomic mass is 9.84. The normalized spacial score (nSPS) is 21.4. The van der Waals surface area contributed by atoms with Crippen LogP contribution in [0, 0.1) is 0 Å². The summed E-state index contributed by atoms with van der Waals surface area (Å²) in [7, 11) is -3.43. The highest BCUT2D eigenvalue weighted by atomic mass is 32.2. The molecule has 1 aromatic carbocycles. The summed E-state index contributed by atoms with van der Waals surface area (Å²) in [5.41, 5.74) is 1.90. The fourth-order valence-corrected chi connectivity index (χ4v) is 4.95. The number of fused-ring (bicyclic) bond motifs is 1. The predicted octanol–water partition coefficient (Wildman–Crippen LogP) is 3.05. The van der Waals surface area contributed by atoms with E-state index in [4.69, 9.17) is 0 Å². The van der Waals surface area contributed by atoms with Gasteiger partial charge in [0, 0.05) is 17.8 Å². The molecule has 5 heteroatoms. The lowest BCUT2D eigenvalue weighted by Gasteiger charge is -2.34. The molecule has 0 unspecified atom stereocenters. The first-order valence-electron chi connectivity index (χ1n) is 7.89. The molecule has 0 atom stereocenters. The van der Waals surface area contributed by atoms with Crippen molar-refractivity contribution in [1.29, 1.82) is 0 Å². The van der Waals surface area contributed by atoms with E-state index in [0.29, 0.717) is 4.90 Å². The van der Waals surface area contributed by atoms with E-state index in [1.807, 2.05) is 19.1 Å². The average molecular weight is 308 g/mol. The van der Waals surface area contributed by atoms with Gasteiger partial charge < -0.3 is 5.32 Å². The van der Waals surface area contributed by atoms with Gasteiger partial charge >= 0.3 is 0 Å². The van der Waals surface area contributed by atoms with Crippen LogP contribution in [0.2, 0.25) is 0 Å². The second-order valence-electron chi connectivity index (χ2n) is 6.58. The third-order valence-electron chi connectivity index (χ3n) is 4.66. The molecular weight excluding hydrogens is 284 g/mol. The Bertz CT molecular complexity index is 619. The minimum atomic E-state index is -3.43. The van der Waals surface area contributed by atoms with Gasteiger partial charge in [-0.15, -0.1) is 0 Å². The molecule has 0 spiro atoms. The molecule has 1 aliphatic carbocycles. The highest BCUT2D eigenvalue weighted by Crippen LogP contribution is 2.30. The molecule has 4 nitrogen and oxygen atoms in total. The van der Waals surface area contributed by atoms with Crippen molar-refractivity contribution in [3.05, 3.63) is 23.8 Å². The number of sulfonamides is 1. The lowest BCUT2D eigenvalue weighted by molar-refractivity contribution is 0.294. The number of rotatable bonds is 3. The topological polar surface area (TPSA) is 58.2 Å². The van der Waals surface area contributed by atoms with Crippen LogP contribution >= 0.6 is 0 Å². The third kappa shape index (κ3) is 3.24. The summed E-state index contributed by atoms with van der Waals surface area (Å²) in [4.78, 5) is 0.400. The van der Waals surface area contributed by atoms with Gasteiger partial charge in [-0.3, -0.25) is 0 Å². The molecule has 1 fully saturated rings. The third-order valence-corrected chi connectivity index (χ3v) is 6.30. The first kappa shape index (κ1) is 14.9. The van der Waals surface area contributed by atoms with Gasteiger partial charge in [-0.1, -0.05) is 19.3 Å². The summed E-state index contributed by atoms with van der Waals surface area (Å²) in [6, 6.07) is 5.44. The van der Waals surface area contributed by atoms with E-state index in [9.17, 15) is 8.42 Å². The van der Waals surface area contributed by atoms with E-state index in [-0.39, 0.29) is 5.54 Å². The minimum Gasteiger partial charge on any atom is -0.385 e. The molecule has 1 saturated carbocycles. The van der Waals surface area contributed by atoms with Crippen molar-refractivity contribution in [1.82, 2.24) is 4.72 Å². The van der Waals surface area contributed by atoms with Crippen molar-refractivity contribution in [3.63, 3.8) is 0 Å². The Hall–Kier alpha value is -1.07. The smallest absolute Gasteiger partial charge is 0.241 e. The van der Waals surface area contributed by atoms with E-state index in [0.717, 1.165) is 56.3 Å².